The van der Waals surface area contributed by atoms with Gasteiger partial charge in [-0.1, -0.05) is 11.8 Å². The third kappa shape index (κ3) is 2.70. The first-order valence-electron chi connectivity index (χ1n) is 4.75. The van der Waals surface area contributed by atoms with Crippen LogP contribution in [0, 0.1) is 17.5 Å². The predicted octanol–water partition coefficient (Wildman–Crippen LogP) is 1.66. The van der Waals surface area contributed by atoms with Crippen LogP contribution in [0.3, 0.4) is 0 Å². The second-order valence-electron chi connectivity index (χ2n) is 3.25. The SMILES string of the molecule is O=C1CSC(=NN=Cc2ccc(F)c(F)c2F)N1. The van der Waals surface area contributed by atoms with Crippen molar-refractivity contribution < 1.29 is 18.0 Å². The number of hydrogen-bond donors (Lipinski definition) is 1. The Morgan fingerprint density at radius 2 is 2.06 bits per heavy atom. The number of carbonyl (C=O) groups excluding carboxylic acids is 1. The summed E-state index contributed by atoms with van der Waals surface area (Å²) in [6.07, 6.45) is 0.940. The Bertz CT molecular complexity index is 560. The van der Waals surface area contributed by atoms with E-state index in [4.69, 9.17) is 0 Å². The average molecular weight is 273 g/mol. The van der Waals surface area contributed by atoms with E-state index in [1.54, 1.807) is 0 Å². The molecule has 1 fully saturated rings. The fourth-order valence-corrected chi connectivity index (χ4v) is 1.79. The van der Waals surface area contributed by atoms with Crippen LogP contribution in [0.25, 0.3) is 0 Å². The highest BCUT2D eigenvalue weighted by molar-refractivity contribution is 8.15. The molecular formula is C10H6F3N3OS. The molecule has 1 aliphatic heterocycles. The third-order valence-electron chi connectivity index (χ3n) is 2.00. The van der Waals surface area contributed by atoms with Crippen LogP contribution in [0.5, 0.6) is 0 Å². The first-order valence-corrected chi connectivity index (χ1v) is 5.73. The Balaban J connectivity index is 2.15. The number of halogens is 3. The van der Waals surface area contributed by atoms with Gasteiger partial charge in [-0.05, 0) is 12.1 Å². The molecule has 8 heteroatoms. The first-order chi connectivity index (χ1) is 8.58. The summed E-state index contributed by atoms with van der Waals surface area (Å²) in [6.45, 7) is 0. The first kappa shape index (κ1) is 12.6. The van der Waals surface area contributed by atoms with E-state index >= 15 is 0 Å². The molecule has 2 rings (SSSR count). The summed E-state index contributed by atoms with van der Waals surface area (Å²) >= 11 is 1.14. The van der Waals surface area contributed by atoms with E-state index in [-0.39, 0.29) is 22.4 Å². The molecule has 1 N–H and O–H groups in total. The van der Waals surface area contributed by atoms with Gasteiger partial charge in [0.15, 0.2) is 22.6 Å². The largest absolute Gasteiger partial charge is 0.303 e. The summed E-state index contributed by atoms with van der Waals surface area (Å²) in [5.41, 5.74) is -0.229. The van der Waals surface area contributed by atoms with Gasteiger partial charge in [0.25, 0.3) is 0 Å². The molecule has 94 valence electrons. The number of amidine groups is 1. The molecule has 0 bridgehead atoms. The maximum absolute atomic E-state index is 13.2. The number of benzene rings is 1. The smallest absolute Gasteiger partial charge is 0.236 e. The highest BCUT2D eigenvalue weighted by Gasteiger charge is 2.16. The van der Waals surface area contributed by atoms with Crippen molar-refractivity contribution in [3.05, 3.63) is 35.1 Å². The summed E-state index contributed by atoms with van der Waals surface area (Å²) in [7, 11) is 0. The van der Waals surface area contributed by atoms with Crippen LogP contribution >= 0.6 is 11.8 Å². The quantitative estimate of drug-likeness (QED) is 0.506. The van der Waals surface area contributed by atoms with Gasteiger partial charge in [0, 0.05) is 5.56 Å². The lowest BCUT2D eigenvalue weighted by Gasteiger charge is -1.97. The Kier molecular flexibility index (Phi) is 3.66. The van der Waals surface area contributed by atoms with Crippen LogP contribution in [-0.2, 0) is 4.79 Å². The Labute approximate surface area is 104 Å². The van der Waals surface area contributed by atoms with E-state index in [0.29, 0.717) is 0 Å². The highest BCUT2D eigenvalue weighted by atomic mass is 32.2. The summed E-state index contributed by atoms with van der Waals surface area (Å²) in [5.74, 6) is -4.12. The standard InChI is InChI=1S/C10H6F3N3OS/c11-6-2-1-5(8(12)9(6)13)3-14-16-10-15-7(17)4-18-10/h1-3H,4H2,(H,15,16,17). The average Bonchev–Trinajstić information content (AvgIpc) is 2.75. The highest BCUT2D eigenvalue weighted by Crippen LogP contribution is 2.14. The lowest BCUT2D eigenvalue weighted by Crippen LogP contribution is -2.19. The maximum atomic E-state index is 13.2. The van der Waals surface area contributed by atoms with Gasteiger partial charge in [-0.15, -0.1) is 5.10 Å². The molecule has 1 amide bonds. The van der Waals surface area contributed by atoms with E-state index in [0.717, 1.165) is 30.1 Å². The molecule has 0 aliphatic carbocycles. The van der Waals surface area contributed by atoms with Crippen LogP contribution in [0.1, 0.15) is 5.56 Å². The Morgan fingerprint density at radius 1 is 1.28 bits per heavy atom. The predicted molar refractivity (Wildman–Crippen MR) is 61.9 cm³/mol. The van der Waals surface area contributed by atoms with E-state index in [2.05, 4.69) is 15.5 Å². The molecule has 0 atom stereocenters. The molecule has 0 saturated carbocycles. The minimum absolute atomic E-state index is 0.201. The lowest BCUT2D eigenvalue weighted by atomic mass is 10.2. The minimum Gasteiger partial charge on any atom is -0.303 e. The number of carbonyl (C=O) groups is 1. The number of amides is 1. The maximum Gasteiger partial charge on any atom is 0.236 e. The normalized spacial score (nSPS) is 17.7. The fourth-order valence-electron chi connectivity index (χ4n) is 1.16. The number of thioether (sulfide) groups is 1. The summed E-state index contributed by atoms with van der Waals surface area (Å²) in [4.78, 5) is 10.8. The van der Waals surface area contributed by atoms with Gasteiger partial charge in [0.2, 0.25) is 5.91 Å². The van der Waals surface area contributed by atoms with Crippen molar-refractivity contribution in [3.63, 3.8) is 0 Å². The molecule has 0 unspecified atom stereocenters. The van der Waals surface area contributed by atoms with Crippen molar-refractivity contribution in [2.75, 3.05) is 5.75 Å². The van der Waals surface area contributed by atoms with Gasteiger partial charge >= 0.3 is 0 Å². The number of rotatable bonds is 2. The van der Waals surface area contributed by atoms with Gasteiger partial charge in [-0.3, -0.25) is 4.79 Å². The zero-order valence-electron chi connectivity index (χ0n) is 8.78. The molecule has 0 aromatic heterocycles. The summed E-state index contributed by atoms with van der Waals surface area (Å²) in [5, 5.41) is 9.77. The van der Waals surface area contributed by atoms with Crippen molar-refractivity contribution >= 4 is 29.1 Å². The van der Waals surface area contributed by atoms with Crippen LogP contribution < -0.4 is 5.32 Å². The topological polar surface area (TPSA) is 53.8 Å². The van der Waals surface area contributed by atoms with Crippen molar-refractivity contribution in [3.8, 4) is 0 Å². The summed E-state index contributed by atoms with van der Waals surface area (Å²) < 4.78 is 38.7. The molecule has 1 aromatic carbocycles. The van der Waals surface area contributed by atoms with Gasteiger partial charge < -0.3 is 5.32 Å². The molecule has 0 spiro atoms. The van der Waals surface area contributed by atoms with E-state index in [9.17, 15) is 18.0 Å². The zero-order valence-corrected chi connectivity index (χ0v) is 9.60. The molecule has 1 aromatic rings. The summed E-state index contributed by atoms with van der Waals surface area (Å²) in [6, 6.07) is 1.83. The number of hydrogen-bond acceptors (Lipinski definition) is 4. The van der Waals surface area contributed by atoms with Gasteiger partial charge in [0.05, 0.1) is 12.0 Å². The van der Waals surface area contributed by atoms with Crippen molar-refractivity contribution in [1.82, 2.24) is 5.32 Å². The van der Waals surface area contributed by atoms with Gasteiger partial charge in [-0.2, -0.15) is 5.10 Å². The van der Waals surface area contributed by atoms with E-state index in [1.165, 1.54) is 0 Å². The van der Waals surface area contributed by atoms with Crippen LogP contribution in [0.2, 0.25) is 0 Å². The molecule has 18 heavy (non-hydrogen) atoms. The molecule has 1 aliphatic rings. The molecule has 1 saturated heterocycles. The van der Waals surface area contributed by atoms with E-state index < -0.39 is 17.5 Å². The fraction of sp³-hybridized carbons (Fsp3) is 0.100. The number of nitrogens with zero attached hydrogens (tertiary/aromatic N) is 2. The monoisotopic (exact) mass is 273 g/mol. The van der Waals surface area contributed by atoms with Gasteiger partial charge in [0.1, 0.15) is 0 Å². The Hall–Kier alpha value is -1.83. The third-order valence-corrected chi connectivity index (χ3v) is 2.86. The number of nitrogens with one attached hydrogen (secondary N) is 1. The van der Waals surface area contributed by atoms with Crippen LogP contribution in [0.4, 0.5) is 13.2 Å². The van der Waals surface area contributed by atoms with Gasteiger partial charge in [-0.25, -0.2) is 13.2 Å². The van der Waals surface area contributed by atoms with Crippen molar-refractivity contribution in [1.29, 1.82) is 0 Å². The Morgan fingerprint density at radius 3 is 2.72 bits per heavy atom. The molecule has 1 heterocycles. The molecule has 4 nitrogen and oxygen atoms in total. The van der Waals surface area contributed by atoms with E-state index in [1.807, 2.05) is 0 Å². The zero-order chi connectivity index (χ0) is 13.1. The van der Waals surface area contributed by atoms with Crippen molar-refractivity contribution in [2.45, 2.75) is 0 Å². The lowest BCUT2D eigenvalue weighted by molar-refractivity contribution is -0.116. The minimum atomic E-state index is -1.56. The molecular weight excluding hydrogens is 267 g/mol. The van der Waals surface area contributed by atoms with Crippen molar-refractivity contribution in [2.24, 2.45) is 10.2 Å². The van der Waals surface area contributed by atoms with Crippen LogP contribution in [-0.4, -0.2) is 23.0 Å². The van der Waals surface area contributed by atoms with Crippen LogP contribution in [0.15, 0.2) is 22.3 Å². The molecule has 0 radical (unpaired) electrons. The second kappa shape index (κ2) is 5.21. The second-order valence-corrected chi connectivity index (χ2v) is 4.22.